The van der Waals surface area contributed by atoms with E-state index in [9.17, 15) is 9.59 Å². The molecule has 0 aliphatic carbocycles. The molecule has 1 aliphatic rings. The number of carbonyl (C=O) groups excluding carboxylic acids is 2. The van der Waals surface area contributed by atoms with E-state index in [0.717, 1.165) is 19.3 Å². The van der Waals surface area contributed by atoms with Gasteiger partial charge in [0.1, 0.15) is 5.75 Å². The van der Waals surface area contributed by atoms with Crippen molar-refractivity contribution in [3.8, 4) is 5.75 Å². The summed E-state index contributed by atoms with van der Waals surface area (Å²) in [6, 6.07) is 15.8. The summed E-state index contributed by atoms with van der Waals surface area (Å²) in [5.74, 6) is 0.867. The van der Waals surface area contributed by atoms with Crippen molar-refractivity contribution in [1.82, 2.24) is 9.80 Å². The van der Waals surface area contributed by atoms with Crippen LogP contribution in [0.1, 0.15) is 40.7 Å². The third-order valence-corrected chi connectivity index (χ3v) is 5.46. The van der Waals surface area contributed by atoms with E-state index < -0.39 is 0 Å². The summed E-state index contributed by atoms with van der Waals surface area (Å²) < 4.78 is 5.20. The molecule has 0 radical (unpaired) electrons. The minimum absolute atomic E-state index is 0.00547. The van der Waals surface area contributed by atoms with Gasteiger partial charge >= 0.3 is 0 Å². The van der Waals surface area contributed by atoms with Gasteiger partial charge in [-0.25, -0.2) is 0 Å². The number of rotatable bonds is 7. The van der Waals surface area contributed by atoms with Crippen molar-refractivity contribution in [2.75, 3.05) is 33.3 Å². The second-order valence-corrected chi connectivity index (χ2v) is 7.60. The summed E-state index contributed by atoms with van der Waals surface area (Å²) in [4.78, 5) is 28.9. The number of hydrogen-bond donors (Lipinski definition) is 0. The predicted molar refractivity (Wildman–Crippen MR) is 114 cm³/mol. The Balaban J connectivity index is 1.39. The molecule has 29 heavy (non-hydrogen) atoms. The lowest BCUT2D eigenvalue weighted by Crippen LogP contribution is -2.50. The number of carbonyl (C=O) groups is 2. The van der Waals surface area contributed by atoms with Crippen LogP contribution in [0.4, 0.5) is 0 Å². The number of hydrogen-bond acceptors (Lipinski definition) is 3. The highest BCUT2D eigenvalue weighted by Crippen LogP contribution is 2.16. The second kappa shape index (κ2) is 10.1. The molecule has 0 spiro atoms. The molecule has 0 saturated carbocycles. The normalized spacial score (nSPS) is 14.0. The first-order valence-corrected chi connectivity index (χ1v) is 10.3. The van der Waals surface area contributed by atoms with E-state index in [-0.39, 0.29) is 11.8 Å². The van der Waals surface area contributed by atoms with Crippen molar-refractivity contribution in [2.45, 2.75) is 32.6 Å². The molecule has 2 aromatic carbocycles. The Bertz CT molecular complexity index is 824. The molecule has 2 aromatic rings. The second-order valence-electron chi connectivity index (χ2n) is 7.60. The standard InChI is InChI=1S/C24H30N2O3/c1-19-10-12-20(13-11-19)6-3-4-9-23(27)25-14-16-26(17-15-25)24(28)21-7-5-8-22(18-21)29-2/h5,7-8,10-13,18H,3-4,6,9,14-17H2,1-2H3. The van der Waals surface area contributed by atoms with Gasteiger partial charge in [-0.15, -0.1) is 0 Å². The molecule has 0 N–H and O–H groups in total. The molecule has 0 unspecified atom stereocenters. The Morgan fingerprint density at radius 3 is 2.31 bits per heavy atom. The van der Waals surface area contributed by atoms with E-state index in [4.69, 9.17) is 4.74 Å². The highest BCUT2D eigenvalue weighted by molar-refractivity contribution is 5.94. The number of nitrogens with zero attached hydrogens (tertiary/aromatic N) is 2. The smallest absolute Gasteiger partial charge is 0.254 e. The number of methoxy groups -OCH3 is 1. The zero-order valence-corrected chi connectivity index (χ0v) is 17.4. The summed E-state index contributed by atoms with van der Waals surface area (Å²) in [6.45, 7) is 4.45. The lowest BCUT2D eigenvalue weighted by atomic mass is 10.1. The Morgan fingerprint density at radius 2 is 1.62 bits per heavy atom. The van der Waals surface area contributed by atoms with E-state index in [1.165, 1.54) is 11.1 Å². The fraction of sp³-hybridized carbons (Fsp3) is 0.417. The molecule has 5 nitrogen and oxygen atoms in total. The molecular formula is C24H30N2O3. The first-order valence-electron chi connectivity index (χ1n) is 10.3. The van der Waals surface area contributed by atoms with Crippen molar-refractivity contribution in [3.05, 3.63) is 65.2 Å². The maximum absolute atomic E-state index is 12.7. The molecule has 2 amide bonds. The zero-order chi connectivity index (χ0) is 20.6. The van der Waals surface area contributed by atoms with Crippen molar-refractivity contribution in [1.29, 1.82) is 0 Å². The molecule has 0 atom stereocenters. The quantitative estimate of drug-likeness (QED) is 0.673. The van der Waals surface area contributed by atoms with Crippen LogP contribution in [0.2, 0.25) is 0 Å². The first-order chi connectivity index (χ1) is 14.1. The maximum atomic E-state index is 12.7. The van der Waals surface area contributed by atoms with Gasteiger partial charge in [-0.3, -0.25) is 9.59 Å². The summed E-state index contributed by atoms with van der Waals surface area (Å²) >= 11 is 0. The maximum Gasteiger partial charge on any atom is 0.254 e. The van der Waals surface area contributed by atoms with Crippen LogP contribution >= 0.6 is 0 Å². The monoisotopic (exact) mass is 394 g/mol. The fourth-order valence-corrected chi connectivity index (χ4v) is 3.62. The minimum atomic E-state index is -0.00547. The summed E-state index contributed by atoms with van der Waals surface area (Å²) in [5.41, 5.74) is 3.22. The van der Waals surface area contributed by atoms with E-state index in [0.29, 0.717) is 43.9 Å². The Kier molecular flexibility index (Phi) is 7.28. The molecule has 0 aromatic heterocycles. The first kappa shape index (κ1) is 20.9. The highest BCUT2D eigenvalue weighted by atomic mass is 16.5. The molecular weight excluding hydrogens is 364 g/mol. The summed E-state index contributed by atoms with van der Waals surface area (Å²) in [6.07, 6.45) is 3.50. The molecule has 1 saturated heterocycles. The van der Waals surface area contributed by atoms with Crippen LogP contribution in [0, 0.1) is 6.92 Å². The van der Waals surface area contributed by atoms with Crippen molar-refractivity contribution >= 4 is 11.8 Å². The molecule has 5 heteroatoms. The summed E-state index contributed by atoms with van der Waals surface area (Å²) in [7, 11) is 1.59. The lowest BCUT2D eigenvalue weighted by Gasteiger charge is -2.35. The zero-order valence-electron chi connectivity index (χ0n) is 17.4. The van der Waals surface area contributed by atoms with Gasteiger partial charge in [0.05, 0.1) is 7.11 Å². The average Bonchev–Trinajstić information content (AvgIpc) is 2.77. The Hall–Kier alpha value is -2.82. The van der Waals surface area contributed by atoms with Gasteiger partial charge in [0, 0.05) is 38.2 Å². The van der Waals surface area contributed by atoms with Gasteiger partial charge in [-0.1, -0.05) is 35.9 Å². The van der Waals surface area contributed by atoms with Crippen LogP contribution in [-0.2, 0) is 11.2 Å². The largest absolute Gasteiger partial charge is 0.497 e. The van der Waals surface area contributed by atoms with E-state index >= 15 is 0 Å². The molecule has 1 fully saturated rings. The lowest BCUT2D eigenvalue weighted by molar-refractivity contribution is -0.132. The third kappa shape index (κ3) is 5.83. The third-order valence-electron chi connectivity index (χ3n) is 5.46. The van der Waals surface area contributed by atoms with Crippen LogP contribution in [0.5, 0.6) is 5.75 Å². The number of benzene rings is 2. The number of amides is 2. The SMILES string of the molecule is COc1cccc(C(=O)N2CCN(C(=O)CCCCc3ccc(C)cc3)CC2)c1. The van der Waals surface area contributed by atoms with Gasteiger partial charge in [-0.05, 0) is 49.9 Å². The van der Waals surface area contributed by atoms with Gasteiger partial charge in [0.25, 0.3) is 5.91 Å². The minimum Gasteiger partial charge on any atom is -0.497 e. The Morgan fingerprint density at radius 1 is 0.931 bits per heavy atom. The van der Waals surface area contributed by atoms with Crippen molar-refractivity contribution in [3.63, 3.8) is 0 Å². The van der Waals surface area contributed by atoms with E-state index in [2.05, 4.69) is 31.2 Å². The number of ether oxygens (including phenoxy) is 1. The molecule has 154 valence electrons. The van der Waals surface area contributed by atoms with Crippen LogP contribution in [0.15, 0.2) is 48.5 Å². The van der Waals surface area contributed by atoms with Crippen LogP contribution in [-0.4, -0.2) is 54.9 Å². The molecule has 3 rings (SSSR count). The molecule has 1 heterocycles. The molecule has 1 aliphatic heterocycles. The van der Waals surface area contributed by atoms with Crippen LogP contribution in [0.3, 0.4) is 0 Å². The number of aryl methyl sites for hydroxylation is 2. The van der Waals surface area contributed by atoms with E-state index in [1.807, 2.05) is 21.9 Å². The van der Waals surface area contributed by atoms with Gasteiger partial charge < -0.3 is 14.5 Å². The predicted octanol–water partition coefficient (Wildman–Crippen LogP) is 3.70. The summed E-state index contributed by atoms with van der Waals surface area (Å²) in [5, 5.41) is 0. The van der Waals surface area contributed by atoms with Crippen molar-refractivity contribution < 1.29 is 14.3 Å². The van der Waals surface area contributed by atoms with Gasteiger partial charge in [-0.2, -0.15) is 0 Å². The van der Waals surface area contributed by atoms with E-state index in [1.54, 1.807) is 19.2 Å². The van der Waals surface area contributed by atoms with Gasteiger partial charge in [0.2, 0.25) is 5.91 Å². The molecule has 0 bridgehead atoms. The number of unbranched alkanes of at least 4 members (excludes halogenated alkanes) is 1. The topological polar surface area (TPSA) is 49.9 Å². The van der Waals surface area contributed by atoms with Gasteiger partial charge in [0.15, 0.2) is 0 Å². The van der Waals surface area contributed by atoms with Crippen LogP contribution in [0.25, 0.3) is 0 Å². The van der Waals surface area contributed by atoms with Crippen LogP contribution < -0.4 is 4.74 Å². The van der Waals surface area contributed by atoms with Crippen molar-refractivity contribution in [2.24, 2.45) is 0 Å². The average molecular weight is 395 g/mol. The fourth-order valence-electron chi connectivity index (χ4n) is 3.62. The number of piperazine rings is 1. The Labute approximate surface area is 173 Å². The highest BCUT2D eigenvalue weighted by Gasteiger charge is 2.24.